The number of nitrogens with zero attached hydrogens (tertiary/aromatic N) is 1. The largest absolute Gasteiger partial charge is 0.396 e. The number of aryl methyl sites for hydroxylation is 1. The molecule has 5 nitrogen and oxygen atoms in total. The first-order chi connectivity index (χ1) is 9.51. The highest BCUT2D eigenvalue weighted by atomic mass is 32.2. The fraction of sp³-hybridized carbons (Fsp3) is 0.308. The van der Waals surface area contributed by atoms with Gasteiger partial charge >= 0.3 is 0 Å². The molecule has 1 heterocycles. The van der Waals surface area contributed by atoms with Gasteiger partial charge < -0.3 is 5.11 Å². The van der Waals surface area contributed by atoms with Crippen molar-refractivity contribution in [3.05, 3.63) is 45.9 Å². The van der Waals surface area contributed by atoms with Gasteiger partial charge in [0.25, 0.3) is 0 Å². The van der Waals surface area contributed by atoms with Gasteiger partial charge in [0.05, 0.1) is 9.90 Å². The summed E-state index contributed by atoms with van der Waals surface area (Å²) in [6.45, 7) is 2.17. The van der Waals surface area contributed by atoms with E-state index in [1.165, 1.54) is 11.3 Å². The molecule has 2 aromatic rings. The van der Waals surface area contributed by atoms with E-state index in [0.29, 0.717) is 6.42 Å². The van der Waals surface area contributed by atoms with E-state index in [1.807, 2.05) is 6.92 Å². The van der Waals surface area contributed by atoms with Crippen LogP contribution in [0.2, 0.25) is 0 Å². The van der Waals surface area contributed by atoms with Gasteiger partial charge in [0.1, 0.15) is 0 Å². The number of sulfonamides is 1. The summed E-state index contributed by atoms with van der Waals surface area (Å²) < 4.78 is 26.8. The summed E-state index contributed by atoms with van der Waals surface area (Å²) >= 11 is 1.47. The average molecular weight is 312 g/mol. The van der Waals surface area contributed by atoms with E-state index in [9.17, 15) is 8.42 Å². The van der Waals surface area contributed by atoms with E-state index < -0.39 is 10.0 Å². The Bertz CT molecular complexity index is 663. The predicted molar refractivity (Wildman–Crippen MR) is 78.1 cm³/mol. The molecule has 0 saturated carbocycles. The Labute approximate surface area is 122 Å². The molecule has 7 heteroatoms. The lowest BCUT2D eigenvalue weighted by atomic mass is 10.2. The third-order valence-corrected chi connectivity index (χ3v) is 5.07. The minimum atomic E-state index is -3.51. The molecule has 0 fully saturated rings. The van der Waals surface area contributed by atoms with Crippen LogP contribution in [0.4, 0.5) is 0 Å². The third-order valence-electron chi connectivity index (χ3n) is 2.74. The Morgan fingerprint density at radius 2 is 2.00 bits per heavy atom. The molecule has 20 heavy (non-hydrogen) atoms. The van der Waals surface area contributed by atoms with Gasteiger partial charge in [0.15, 0.2) is 0 Å². The second-order valence-electron chi connectivity index (χ2n) is 4.29. The van der Waals surface area contributed by atoms with Gasteiger partial charge in [-0.05, 0) is 31.0 Å². The first-order valence-corrected chi connectivity index (χ1v) is 8.42. The van der Waals surface area contributed by atoms with Gasteiger partial charge in [-0.3, -0.25) is 0 Å². The maximum absolute atomic E-state index is 12.1. The molecule has 2 N–H and O–H groups in total. The van der Waals surface area contributed by atoms with Crippen molar-refractivity contribution in [2.24, 2.45) is 0 Å². The molecule has 0 unspecified atom stereocenters. The van der Waals surface area contributed by atoms with Gasteiger partial charge in [-0.25, -0.2) is 18.1 Å². The monoisotopic (exact) mass is 312 g/mol. The summed E-state index contributed by atoms with van der Waals surface area (Å²) in [5, 5.41) is 9.74. The number of aliphatic hydroxyl groups excluding tert-OH is 1. The first-order valence-electron chi connectivity index (χ1n) is 6.12. The van der Waals surface area contributed by atoms with E-state index in [-0.39, 0.29) is 18.0 Å². The summed E-state index contributed by atoms with van der Waals surface area (Å²) in [6, 6.07) is 6.51. The van der Waals surface area contributed by atoms with Crippen LogP contribution in [0.25, 0.3) is 0 Å². The number of rotatable bonds is 6. The molecule has 0 spiro atoms. The van der Waals surface area contributed by atoms with Crippen LogP contribution in [0.15, 0.2) is 35.4 Å². The minimum Gasteiger partial charge on any atom is -0.396 e. The number of benzene rings is 1. The van der Waals surface area contributed by atoms with Crippen LogP contribution in [-0.2, 0) is 23.0 Å². The van der Waals surface area contributed by atoms with Gasteiger partial charge in [0.2, 0.25) is 10.0 Å². The highest BCUT2D eigenvalue weighted by Gasteiger charge is 2.14. The van der Waals surface area contributed by atoms with Crippen LogP contribution >= 0.6 is 11.3 Å². The van der Waals surface area contributed by atoms with Crippen molar-refractivity contribution in [3.8, 4) is 0 Å². The average Bonchev–Trinajstić information content (AvgIpc) is 2.84. The quantitative estimate of drug-likeness (QED) is 0.846. The fourth-order valence-electron chi connectivity index (χ4n) is 1.70. The molecule has 0 saturated heterocycles. The summed E-state index contributed by atoms with van der Waals surface area (Å²) in [7, 11) is -3.51. The minimum absolute atomic E-state index is 0.0507. The number of thiazole rings is 1. The molecule has 0 radical (unpaired) electrons. The molecule has 0 aliphatic rings. The van der Waals surface area contributed by atoms with E-state index in [4.69, 9.17) is 5.11 Å². The fourth-order valence-corrected chi connectivity index (χ4v) is 3.53. The van der Waals surface area contributed by atoms with Crippen LogP contribution < -0.4 is 4.72 Å². The van der Waals surface area contributed by atoms with Gasteiger partial charge in [-0.2, -0.15) is 0 Å². The Balaban J connectivity index is 2.05. The molecule has 0 atom stereocenters. The van der Waals surface area contributed by atoms with E-state index >= 15 is 0 Å². The Hall–Kier alpha value is -1.28. The van der Waals surface area contributed by atoms with E-state index in [0.717, 1.165) is 15.4 Å². The molecule has 1 aromatic carbocycles. The first kappa shape index (κ1) is 15.1. The van der Waals surface area contributed by atoms with Crippen molar-refractivity contribution in [1.82, 2.24) is 9.71 Å². The second-order valence-corrected chi connectivity index (χ2v) is 7.37. The molecule has 0 aliphatic carbocycles. The number of aliphatic hydroxyl groups is 1. The van der Waals surface area contributed by atoms with Crippen molar-refractivity contribution in [1.29, 1.82) is 0 Å². The SMILES string of the molecule is Cc1ncc(CNS(=O)(=O)c2ccc(CCO)cc2)s1. The standard InChI is InChI=1S/C13H16N2O3S2/c1-10-14-8-12(19-10)9-15-20(17,18)13-4-2-11(3-5-13)6-7-16/h2-5,8,15-16H,6-7,9H2,1H3. The van der Waals surface area contributed by atoms with Crippen molar-refractivity contribution >= 4 is 21.4 Å². The molecule has 2 rings (SSSR count). The summed E-state index contributed by atoms with van der Waals surface area (Å²) in [6.07, 6.45) is 2.20. The van der Waals surface area contributed by atoms with Gasteiger partial charge in [0, 0.05) is 24.2 Å². The Kier molecular flexibility index (Phi) is 4.87. The van der Waals surface area contributed by atoms with Crippen LogP contribution in [0.5, 0.6) is 0 Å². The highest BCUT2D eigenvalue weighted by Crippen LogP contribution is 2.14. The maximum Gasteiger partial charge on any atom is 0.240 e. The predicted octanol–water partition coefficient (Wildman–Crippen LogP) is 1.46. The van der Waals surface area contributed by atoms with Crippen LogP contribution in [0.1, 0.15) is 15.4 Å². The Morgan fingerprint density at radius 3 is 2.55 bits per heavy atom. The number of hydrogen-bond acceptors (Lipinski definition) is 5. The summed E-state index contributed by atoms with van der Waals surface area (Å²) in [5.74, 6) is 0. The lowest BCUT2D eigenvalue weighted by molar-refractivity contribution is 0.299. The molecule has 108 valence electrons. The van der Waals surface area contributed by atoms with Gasteiger partial charge in [-0.15, -0.1) is 11.3 Å². The number of hydrogen-bond donors (Lipinski definition) is 2. The molecule has 0 amide bonds. The normalized spacial score (nSPS) is 11.7. The molecule has 0 aliphatic heterocycles. The van der Waals surface area contributed by atoms with Gasteiger partial charge in [-0.1, -0.05) is 12.1 Å². The molecule has 1 aromatic heterocycles. The van der Waals surface area contributed by atoms with Crippen molar-refractivity contribution < 1.29 is 13.5 Å². The van der Waals surface area contributed by atoms with E-state index in [2.05, 4.69) is 9.71 Å². The van der Waals surface area contributed by atoms with Crippen molar-refractivity contribution in [2.75, 3.05) is 6.61 Å². The lowest BCUT2D eigenvalue weighted by Crippen LogP contribution is -2.22. The number of nitrogens with one attached hydrogen (secondary N) is 1. The smallest absolute Gasteiger partial charge is 0.240 e. The second kappa shape index (κ2) is 6.45. The highest BCUT2D eigenvalue weighted by molar-refractivity contribution is 7.89. The number of aromatic nitrogens is 1. The zero-order valence-corrected chi connectivity index (χ0v) is 12.7. The van der Waals surface area contributed by atoms with Crippen LogP contribution in [-0.4, -0.2) is 25.1 Å². The topological polar surface area (TPSA) is 79.3 Å². The summed E-state index contributed by atoms with van der Waals surface area (Å²) in [5.41, 5.74) is 0.907. The maximum atomic E-state index is 12.1. The van der Waals surface area contributed by atoms with Crippen molar-refractivity contribution in [3.63, 3.8) is 0 Å². The van der Waals surface area contributed by atoms with Crippen molar-refractivity contribution in [2.45, 2.75) is 24.8 Å². The molecular formula is C13H16N2O3S2. The zero-order chi connectivity index (χ0) is 14.6. The Morgan fingerprint density at radius 1 is 1.30 bits per heavy atom. The van der Waals surface area contributed by atoms with Crippen LogP contribution in [0, 0.1) is 6.92 Å². The van der Waals surface area contributed by atoms with Crippen LogP contribution in [0.3, 0.4) is 0 Å². The molecule has 0 bridgehead atoms. The molecular weight excluding hydrogens is 296 g/mol. The third kappa shape index (κ3) is 3.86. The van der Waals surface area contributed by atoms with E-state index in [1.54, 1.807) is 30.5 Å². The summed E-state index contributed by atoms with van der Waals surface area (Å²) in [4.78, 5) is 5.18. The zero-order valence-electron chi connectivity index (χ0n) is 11.0. The lowest BCUT2D eigenvalue weighted by Gasteiger charge is -2.06.